The van der Waals surface area contributed by atoms with Gasteiger partial charge in [0.1, 0.15) is 22.7 Å². The Labute approximate surface area is 318 Å². The number of hydrogen-bond acceptors (Lipinski definition) is 6. The number of benzene rings is 2. The van der Waals surface area contributed by atoms with E-state index < -0.39 is 45.8 Å². The standard InChI is InChI=1S/C46H54O8/c1-5-45(53)19-13-34-30-9-7-26-21-28(47)23-36(40(26)32(30)11-16-42(34,45)3)44(25-39(51)52,18-15-38(49)50)37-24-29(48)22-27-8-10-31-33(41(27)37)12-17-43(4)35(31)14-20-46(43,54)6-2/h1-2,21-24,30-35,47-48,53-54H,7-20,25H2,3-4H3,(H,49,50)(H,51,52)/t30-,31-,32+,33+,34+,35+,42?,43?,44?,45+,46+/m1/s1. The predicted molar refractivity (Wildman–Crippen MR) is 203 cm³/mol. The predicted octanol–water partition coefficient (Wildman–Crippen LogP) is 7.16. The minimum atomic E-state index is -1.40. The molecule has 6 aliphatic rings. The van der Waals surface area contributed by atoms with E-state index in [4.69, 9.17) is 12.8 Å². The largest absolute Gasteiger partial charge is 0.508 e. The summed E-state index contributed by atoms with van der Waals surface area (Å²) >= 11 is 0. The number of terminal acetylenes is 2. The van der Waals surface area contributed by atoms with E-state index in [0.717, 1.165) is 60.8 Å². The van der Waals surface area contributed by atoms with Crippen LogP contribution in [0.4, 0.5) is 0 Å². The van der Waals surface area contributed by atoms with E-state index in [-0.39, 0.29) is 59.8 Å². The van der Waals surface area contributed by atoms with Crippen molar-refractivity contribution in [1.82, 2.24) is 0 Å². The number of phenolic OH excluding ortho intramolecular Hbond substituents is 2. The summed E-state index contributed by atoms with van der Waals surface area (Å²) in [6.45, 7) is 4.24. The van der Waals surface area contributed by atoms with Crippen LogP contribution in [0.15, 0.2) is 24.3 Å². The van der Waals surface area contributed by atoms with Crippen LogP contribution in [0.3, 0.4) is 0 Å². The normalized spacial score (nSPS) is 38.6. The van der Waals surface area contributed by atoms with Crippen molar-refractivity contribution in [2.24, 2.45) is 34.5 Å². The van der Waals surface area contributed by atoms with E-state index in [1.165, 1.54) is 0 Å². The summed E-state index contributed by atoms with van der Waals surface area (Å²) in [5.74, 6) is 3.99. The fraction of sp³-hybridized carbons (Fsp3) is 0.609. The number of phenols is 2. The summed E-state index contributed by atoms with van der Waals surface area (Å²) < 4.78 is 0. The average molecular weight is 735 g/mol. The second kappa shape index (κ2) is 12.5. The highest BCUT2D eigenvalue weighted by Gasteiger charge is 2.63. The molecule has 2 aromatic rings. The van der Waals surface area contributed by atoms with E-state index in [9.17, 15) is 40.2 Å². The van der Waals surface area contributed by atoms with E-state index in [1.54, 1.807) is 24.3 Å². The molecular formula is C46H54O8. The lowest BCUT2D eigenvalue weighted by Gasteiger charge is -2.54. The summed E-state index contributed by atoms with van der Waals surface area (Å²) in [5.41, 5.74) is 0.453. The Morgan fingerprint density at radius 3 is 1.54 bits per heavy atom. The zero-order valence-corrected chi connectivity index (χ0v) is 31.5. The number of carboxylic acids is 2. The molecule has 2 aromatic carbocycles. The number of aliphatic hydroxyl groups is 2. The monoisotopic (exact) mass is 734 g/mol. The molecule has 0 bridgehead atoms. The second-order valence-corrected chi connectivity index (χ2v) is 18.5. The number of hydrogen-bond donors (Lipinski definition) is 6. The Kier molecular flexibility index (Phi) is 8.57. The minimum Gasteiger partial charge on any atom is -0.508 e. The zero-order chi connectivity index (χ0) is 38.6. The van der Waals surface area contributed by atoms with Crippen molar-refractivity contribution in [1.29, 1.82) is 0 Å². The molecule has 10 atom stereocenters. The smallest absolute Gasteiger partial charge is 0.304 e. The van der Waals surface area contributed by atoms with Crippen LogP contribution >= 0.6 is 0 Å². The van der Waals surface area contributed by atoms with Crippen LogP contribution in [-0.4, -0.2) is 53.8 Å². The number of aryl methyl sites for hydroxylation is 2. The van der Waals surface area contributed by atoms with Gasteiger partial charge in [0.2, 0.25) is 0 Å². The molecule has 0 radical (unpaired) electrons. The topological polar surface area (TPSA) is 156 Å². The third-order valence-corrected chi connectivity index (χ3v) is 16.6. The van der Waals surface area contributed by atoms with E-state index in [0.29, 0.717) is 49.7 Å². The first kappa shape index (κ1) is 37.0. The third-order valence-electron chi connectivity index (χ3n) is 16.6. The van der Waals surface area contributed by atoms with Gasteiger partial charge in [0.25, 0.3) is 0 Å². The quantitative estimate of drug-likeness (QED) is 0.164. The highest BCUT2D eigenvalue weighted by Crippen LogP contribution is 2.67. The first-order valence-electron chi connectivity index (χ1n) is 20.1. The van der Waals surface area contributed by atoms with Crippen molar-refractivity contribution in [3.8, 4) is 36.2 Å². The number of rotatable bonds is 7. The second-order valence-electron chi connectivity index (χ2n) is 18.5. The van der Waals surface area contributed by atoms with Crippen molar-refractivity contribution < 1.29 is 40.2 Å². The molecule has 0 saturated heterocycles. The Hall–Kier alpha value is -3.98. The van der Waals surface area contributed by atoms with Gasteiger partial charge in [-0.2, -0.15) is 0 Å². The van der Waals surface area contributed by atoms with Crippen LogP contribution < -0.4 is 0 Å². The van der Waals surface area contributed by atoms with Gasteiger partial charge in [-0.05, 0) is 177 Å². The maximum Gasteiger partial charge on any atom is 0.304 e. The Morgan fingerprint density at radius 2 is 1.15 bits per heavy atom. The third kappa shape index (κ3) is 5.05. The fourth-order valence-corrected chi connectivity index (χ4v) is 14.0. The van der Waals surface area contributed by atoms with Gasteiger partial charge in [-0.25, -0.2) is 0 Å². The summed E-state index contributed by atoms with van der Waals surface area (Å²) in [7, 11) is 0. The van der Waals surface area contributed by atoms with Gasteiger partial charge in [-0.15, -0.1) is 12.8 Å². The average Bonchev–Trinajstić information content (AvgIpc) is 3.57. The highest BCUT2D eigenvalue weighted by molar-refractivity contribution is 5.74. The summed E-state index contributed by atoms with van der Waals surface area (Å²) in [6, 6.07) is 6.96. The number of aromatic hydroxyl groups is 2. The van der Waals surface area contributed by atoms with Gasteiger partial charge in [0, 0.05) is 22.7 Å². The fourth-order valence-electron chi connectivity index (χ4n) is 14.0. The lowest BCUT2D eigenvalue weighted by atomic mass is 9.50. The molecule has 8 rings (SSSR count). The molecule has 0 aliphatic heterocycles. The van der Waals surface area contributed by atoms with Crippen molar-refractivity contribution in [3.05, 3.63) is 57.6 Å². The molecule has 0 amide bonds. The molecular weight excluding hydrogens is 680 g/mol. The first-order valence-corrected chi connectivity index (χ1v) is 20.1. The maximum atomic E-state index is 13.3. The van der Waals surface area contributed by atoms with E-state index in [1.807, 2.05) is 0 Å². The van der Waals surface area contributed by atoms with E-state index in [2.05, 4.69) is 25.7 Å². The van der Waals surface area contributed by atoms with Crippen molar-refractivity contribution in [3.63, 3.8) is 0 Å². The number of carboxylic acid groups (broad SMARTS) is 2. The Morgan fingerprint density at radius 1 is 0.704 bits per heavy atom. The van der Waals surface area contributed by atoms with Crippen molar-refractivity contribution in [2.75, 3.05) is 0 Å². The van der Waals surface area contributed by atoms with Gasteiger partial charge in [-0.1, -0.05) is 25.7 Å². The number of aliphatic carboxylic acids is 2. The minimum absolute atomic E-state index is 0.00301. The molecule has 2 unspecified atom stereocenters. The molecule has 8 nitrogen and oxygen atoms in total. The molecule has 0 heterocycles. The summed E-state index contributed by atoms with van der Waals surface area (Å²) in [4.78, 5) is 25.8. The first-order chi connectivity index (χ1) is 25.5. The SMILES string of the molecule is C#C[C@]1(O)CC[C@H]2[C@@H]3CCc4cc(O)cc(C(CCC(=O)O)(CC(=O)O)c5cc(O)cc6c5[C@H]5CCC7(C)[C@@H](CC[C@@]7(O)C#C)[C@@H]5CC6)c4[C@H]3CCC21C. The lowest BCUT2D eigenvalue weighted by molar-refractivity contribution is -0.140. The summed E-state index contributed by atoms with van der Waals surface area (Å²) in [5, 5.41) is 67.3. The number of fused-ring (bicyclic) bond motifs is 10. The van der Waals surface area contributed by atoms with Gasteiger partial charge < -0.3 is 30.6 Å². The van der Waals surface area contributed by atoms with Crippen LogP contribution in [0.25, 0.3) is 0 Å². The molecule has 6 N–H and O–H groups in total. The van der Waals surface area contributed by atoms with Gasteiger partial charge >= 0.3 is 11.9 Å². The van der Waals surface area contributed by atoms with Crippen molar-refractivity contribution in [2.45, 2.75) is 139 Å². The van der Waals surface area contributed by atoms with Gasteiger partial charge in [0.05, 0.1) is 6.42 Å². The molecule has 54 heavy (non-hydrogen) atoms. The number of carbonyl (C=O) groups is 2. The lowest BCUT2D eigenvalue weighted by Crippen LogP contribution is -2.51. The Balaban J connectivity index is 1.34. The molecule has 8 heteroatoms. The molecule has 4 fully saturated rings. The van der Waals surface area contributed by atoms with Crippen LogP contribution in [0, 0.1) is 59.2 Å². The van der Waals surface area contributed by atoms with Gasteiger partial charge in [0.15, 0.2) is 0 Å². The molecule has 0 aromatic heterocycles. The molecule has 4 saturated carbocycles. The van der Waals surface area contributed by atoms with Crippen molar-refractivity contribution >= 4 is 11.9 Å². The highest BCUT2D eigenvalue weighted by atomic mass is 16.4. The summed E-state index contributed by atoms with van der Waals surface area (Å²) in [6.07, 6.45) is 19.6. The maximum absolute atomic E-state index is 13.3. The molecule has 6 aliphatic carbocycles. The van der Waals surface area contributed by atoms with Crippen LogP contribution in [-0.2, 0) is 27.8 Å². The molecule has 286 valence electrons. The zero-order valence-electron chi connectivity index (χ0n) is 31.5. The van der Waals surface area contributed by atoms with E-state index >= 15 is 0 Å². The van der Waals surface area contributed by atoms with Crippen LogP contribution in [0.2, 0.25) is 0 Å². The Bertz CT molecular complexity index is 1880. The van der Waals surface area contributed by atoms with Crippen LogP contribution in [0.5, 0.6) is 11.5 Å². The molecule has 0 spiro atoms. The van der Waals surface area contributed by atoms with Crippen LogP contribution in [0.1, 0.15) is 143 Å². The van der Waals surface area contributed by atoms with Gasteiger partial charge in [-0.3, -0.25) is 9.59 Å².